The third-order valence-corrected chi connectivity index (χ3v) is 4.45. The van der Waals surface area contributed by atoms with Crippen molar-refractivity contribution in [2.24, 2.45) is 5.84 Å². The maximum atomic E-state index is 5.76. The maximum Gasteiger partial charge on any atom is 0.0635 e. The average molecular weight is 254 g/mol. The van der Waals surface area contributed by atoms with E-state index in [-0.39, 0.29) is 6.04 Å². The largest absolute Gasteiger partial charge is 0.303 e. The molecule has 1 aromatic rings. The zero-order chi connectivity index (χ0) is 12.4. The van der Waals surface area contributed by atoms with Crippen LogP contribution in [-0.2, 0) is 0 Å². The van der Waals surface area contributed by atoms with E-state index in [4.69, 9.17) is 5.84 Å². The molecule has 5 heteroatoms. The van der Waals surface area contributed by atoms with Crippen LogP contribution in [0.25, 0.3) is 0 Å². The van der Waals surface area contributed by atoms with Crippen molar-refractivity contribution < 1.29 is 0 Å². The third kappa shape index (κ3) is 2.86. The Labute approximate surface area is 107 Å². The first-order valence-electron chi connectivity index (χ1n) is 6.01. The molecule has 1 aliphatic heterocycles. The summed E-state index contributed by atoms with van der Waals surface area (Å²) in [6, 6.07) is 2.89. The monoisotopic (exact) mass is 254 g/mol. The summed E-state index contributed by atoms with van der Waals surface area (Å²) in [7, 11) is 4.35. The lowest BCUT2D eigenvalue weighted by Gasteiger charge is -2.41. The molecule has 4 nitrogen and oxygen atoms in total. The SMILES string of the molecule is Cc1cc(C(NN)C2CN(C)CCN2C)cs1. The number of nitrogens with zero attached hydrogens (tertiary/aromatic N) is 2. The standard InChI is InChI=1S/C12H22N4S/c1-9-6-10(8-17-9)12(14-13)11-7-15(2)4-5-16(11)3/h6,8,11-12,14H,4-5,7,13H2,1-3H3. The second-order valence-electron chi connectivity index (χ2n) is 4.95. The van der Waals surface area contributed by atoms with Crippen LogP contribution >= 0.6 is 11.3 Å². The van der Waals surface area contributed by atoms with Gasteiger partial charge in [0.05, 0.1) is 6.04 Å². The third-order valence-electron chi connectivity index (χ3n) is 3.57. The topological polar surface area (TPSA) is 44.5 Å². The van der Waals surface area contributed by atoms with Crippen molar-refractivity contribution in [2.75, 3.05) is 33.7 Å². The van der Waals surface area contributed by atoms with E-state index < -0.39 is 0 Å². The van der Waals surface area contributed by atoms with Crippen LogP contribution in [0.1, 0.15) is 16.5 Å². The molecule has 1 saturated heterocycles. The van der Waals surface area contributed by atoms with E-state index in [1.165, 1.54) is 10.4 Å². The average Bonchev–Trinajstić information content (AvgIpc) is 2.71. The fourth-order valence-electron chi connectivity index (χ4n) is 2.46. The molecule has 0 aliphatic carbocycles. The highest BCUT2D eigenvalue weighted by Crippen LogP contribution is 2.26. The van der Waals surface area contributed by atoms with Gasteiger partial charge in [-0.1, -0.05) is 0 Å². The van der Waals surface area contributed by atoms with Crippen LogP contribution in [0.3, 0.4) is 0 Å². The minimum atomic E-state index is 0.215. The number of aryl methyl sites for hydroxylation is 1. The highest BCUT2D eigenvalue weighted by molar-refractivity contribution is 7.10. The van der Waals surface area contributed by atoms with Crippen molar-refractivity contribution in [1.29, 1.82) is 0 Å². The molecule has 2 rings (SSSR count). The van der Waals surface area contributed by atoms with Crippen LogP contribution in [-0.4, -0.2) is 49.6 Å². The lowest BCUT2D eigenvalue weighted by molar-refractivity contribution is 0.0877. The van der Waals surface area contributed by atoms with Crippen molar-refractivity contribution in [3.63, 3.8) is 0 Å². The van der Waals surface area contributed by atoms with E-state index >= 15 is 0 Å². The Kier molecular flexibility index (Phi) is 4.17. The number of hydrogen-bond donors (Lipinski definition) is 2. The van der Waals surface area contributed by atoms with Gasteiger partial charge in [-0.25, -0.2) is 0 Å². The van der Waals surface area contributed by atoms with Gasteiger partial charge in [0, 0.05) is 30.6 Å². The highest BCUT2D eigenvalue weighted by Gasteiger charge is 2.30. The molecule has 0 amide bonds. The molecular weight excluding hydrogens is 232 g/mol. The minimum absolute atomic E-state index is 0.215. The van der Waals surface area contributed by atoms with Gasteiger partial charge in [0.25, 0.3) is 0 Å². The van der Waals surface area contributed by atoms with E-state index in [2.05, 4.69) is 47.7 Å². The molecule has 96 valence electrons. The summed E-state index contributed by atoms with van der Waals surface area (Å²) in [5, 5.41) is 2.21. The first-order chi connectivity index (χ1) is 8.11. The second-order valence-corrected chi connectivity index (χ2v) is 6.06. The second kappa shape index (κ2) is 5.46. The molecule has 17 heavy (non-hydrogen) atoms. The van der Waals surface area contributed by atoms with E-state index in [0.717, 1.165) is 19.6 Å². The molecule has 1 aromatic heterocycles. The van der Waals surface area contributed by atoms with Crippen LogP contribution in [0.5, 0.6) is 0 Å². The van der Waals surface area contributed by atoms with E-state index in [1.807, 2.05) is 0 Å². The summed E-state index contributed by atoms with van der Waals surface area (Å²) in [6.45, 7) is 5.42. The summed E-state index contributed by atoms with van der Waals surface area (Å²) in [5.74, 6) is 5.76. The molecule has 2 unspecified atom stereocenters. The van der Waals surface area contributed by atoms with Crippen LogP contribution in [0.15, 0.2) is 11.4 Å². The van der Waals surface area contributed by atoms with Crippen molar-refractivity contribution in [2.45, 2.75) is 19.0 Å². The van der Waals surface area contributed by atoms with E-state index in [0.29, 0.717) is 6.04 Å². The molecule has 0 spiro atoms. The van der Waals surface area contributed by atoms with Crippen molar-refractivity contribution in [1.82, 2.24) is 15.2 Å². The molecule has 3 N–H and O–H groups in total. The van der Waals surface area contributed by atoms with Gasteiger partial charge in [-0.2, -0.15) is 0 Å². The van der Waals surface area contributed by atoms with Gasteiger partial charge in [0.15, 0.2) is 0 Å². The lowest BCUT2D eigenvalue weighted by Crippen LogP contribution is -2.55. The van der Waals surface area contributed by atoms with Gasteiger partial charge in [0.2, 0.25) is 0 Å². The number of nitrogens with one attached hydrogen (secondary N) is 1. The van der Waals surface area contributed by atoms with Crippen LogP contribution in [0, 0.1) is 6.92 Å². The Morgan fingerprint density at radius 3 is 2.82 bits per heavy atom. The normalized spacial score (nSPS) is 25.1. The summed E-state index contributed by atoms with van der Waals surface area (Å²) >= 11 is 1.79. The van der Waals surface area contributed by atoms with Gasteiger partial charge in [-0.05, 0) is 38.0 Å². The highest BCUT2D eigenvalue weighted by atomic mass is 32.1. The number of hydrazine groups is 1. The maximum absolute atomic E-state index is 5.76. The zero-order valence-corrected chi connectivity index (χ0v) is 11.6. The zero-order valence-electron chi connectivity index (χ0n) is 10.8. The number of hydrogen-bond acceptors (Lipinski definition) is 5. The van der Waals surface area contributed by atoms with Crippen molar-refractivity contribution in [3.8, 4) is 0 Å². The van der Waals surface area contributed by atoms with Gasteiger partial charge >= 0.3 is 0 Å². The number of likely N-dealkylation sites (N-methyl/N-ethyl adjacent to an activating group) is 2. The molecular formula is C12H22N4S. The Bertz CT molecular complexity index is 365. The molecule has 0 aromatic carbocycles. The fourth-order valence-corrected chi connectivity index (χ4v) is 3.20. The number of rotatable bonds is 3. The van der Waals surface area contributed by atoms with Gasteiger partial charge in [-0.3, -0.25) is 16.2 Å². The van der Waals surface area contributed by atoms with Crippen LogP contribution in [0.2, 0.25) is 0 Å². The molecule has 0 saturated carbocycles. The Hall–Kier alpha value is -0.460. The smallest absolute Gasteiger partial charge is 0.0635 e. The number of nitrogens with two attached hydrogens (primary N) is 1. The van der Waals surface area contributed by atoms with Crippen LogP contribution in [0.4, 0.5) is 0 Å². The Balaban J connectivity index is 2.16. The quantitative estimate of drug-likeness (QED) is 0.619. The molecule has 2 heterocycles. The summed E-state index contributed by atoms with van der Waals surface area (Å²) in [5.41, 5.74) is 4.30. The molecule has 0 radical (unpaired) electrons. The number of piperazine rings is 1. The number of thiophene rings is 1. The summed E-state index contributed by atoms with van der Waals surface area (Å²) in [4.78, 5) is 6.11. The molecule has 1 fully saturated rings. The Morgan fingerprint density at radius 2 is 2.24 bits per heavy atom. The minimum Gasteiger partial charge on any atom is -0.303 e. The van der Waals surface area contributed by atoms with E-state index in [1.54, 1.807) is 11.3 Å². The molecule has 2 atom stereocenters. The van der Waals surface area contributed by atoms with Crippen LogP contribution < -0.4 is 11.3 Å². The predicted octanol–water partition coefficient (Wildman–Crippen LogP) is 0.807. The molecule has 1 aliphatic rings. The van der Waals surface area contributed by atoms with Gasteiger partial charge in [0.1, 0.15) is 0 Å². The van der Waals surface area contributed by atoms with Gasteiger partial charge in [-0.15, -0.1) is 11.3 Å². The predicted molar refractivity (Wildman–Crippen MR) is 73.0 cm³/mol. The summed E-state index contributed by atoms with van der Waals surface area (Å²) < 4.78 is 0. The first kappa shape index (κ1) is 13.0. The van der Waals surface area contributed by atoms with E-state index in [9.17, 15) is 0 Å². The van der Waals surface area contributed by atoms with Crippen molar-refractivity contribution >= 4 is 11.3 Å². The molecule has 0 bridgehead atoms. The van der Waals surface area contributed by atoms with Gasteiger partial charge < -0.3 is 4.90 Å². The fraction of sp³-hybridized carbons (Fsp3) is 0.667. The summed E-state index contributed by atoms with van der Waals surface area (Å²) in [6.07, 6.45) is 0. The van der Waals surface area contributed by atoms with Crippen molar-refractivity contribution in [3.05, 3.63) is 21.9 Å². The first-order valence-corrected chi connectivity index (χ1v) is 6.89. The lowest BCUT2D eigenvalue weighted by atomic mass is 9.99. The Morgan fingerprint density at radius 1 is 1.47 bits per heavy atom.